The third-order valence-electron chi connectivity index (χ3n) is 0.690. The van der Waals surface area contributed by atoms with E-state index in [-0.39, 0.29) is 0 Å². The van der Waals surface area contributed by atoms with Crippen LogP contribution >= 0.6 is 0 Å². The first-order chi connectivity index (χ1) is 4.62. The number of nitrogens with zero attached hydrogens (tertiary/aromatic N) is 5. The molecular weight excluding hydrogens is 142 g/mol. The summed E-state index contributed by atoms with van der Waals surface area (Å²) in [5.74, 6) is -1.82. The van der Waals surface area contributed by atoms with Crippen LogP contribution in [0.1, 0.15) is 0 Å². The lowest BCUT2D eigenvalue weighted by Crippen LogP contribution is -2.51. The highest BCUT2D eigenvalue weighted by molar-refractivity contribution is 4.68. The van der Waals surface area contributed by atoms with Gasteiger partial charge in [-0.05, 0) is 10.4 Å². The molecule has 0 fully saturated rings. The number of nitrogens with one attached hydrogen (secondary N) is 1. The molecule has 0 aromatic heterocycles. The van der Waals surface area contributed by atoms with E-state index in [1.54, 1.807) is 5.43 Å². The van der Waals surface area contributed by atoms with Crippen molar-refractivity contribution in [2.75, 3.05) is 0 Å². The Kier molecular flexibility index (Phi) is 1.26. The van der Waals surface area contributed by atoms with Gasteiger partial charge in [0.1, 0.15) is 0 Å². The molecule has 0 unspecified atom stereocenters. The molecule has 3 N–H and O–H groups in total. The first kappa shape index (κ1) is 6.48. The molecule has 10 heavy (non-hydrogen) atoms. The first-order valence-electron chi connectivity index (χ1n) is 2.17. The van der Waals surface area contributed by atoms with Gasteiger partial charge in [0.05, 0.1) is 0 Å². The van der Waals surface area contributed by atoms with Crippen molar-refractivity contribution < 1.29 is 5.03 Å². The van der Waals surface area contributed by atoms with E-state index in [0.717, 1.165) is 0 Å². The van der Waals surface area contributed by atoms with Crippen molar-refractivity contribution in [3.63, 3.8) is 0 Å². The van der Waals surface area contributed by atoms with E-state index in [9.17, 15) is 10.1 Å². The van der Waals surface area contributed by atoms with Crippen molar-refractivity contribution in [1.82, 2.24) is 5.43 Å². The van der Waals surface area contributed by atoms with Crippen LogP contribution in [0.5, 0.6) is 0 Å². The maximum Gasteiger partial charge on any atom is 0.373 e. The Morgan fingerprint density at radius 1 is 1.50 bits per heavy atom. The molecule has 1 heterocycles. The number of rotatable bonds is 2. The summed E-state index contributed by atoms with van der Waals surface area (Å²) in [5, 5.41) is 21.1. The van der Waals surface area contributed by atoms with Gasteiger partial charge in [-0.3, -0.25) is 5.73 Å². The van der Waals surface area contributed by atoms with Gasteiger partial charge >= 0.3 is 5.91 Å². The Hall–Kier alpha value is -1.64. The zero-order valence-corrected chi connectivity index (χ0v) is 4.63. The fourth-order valence-corrected chi connectivity index (χ4v) is 0.375. The quantitative estimate of drug-likeness (QED) is 0.298. The van der Waals surface area contributed by atoms with Gasteiger partial charge in [-0.2, -0.15) is 0 Å². The SMILES string of the molecule is NC1(N[N+](=O)[O-])N=NN=N1. The fourth-order valence-electron chi connectivity index (χ4n) is 0.375. The standard InChI is InChI=1S/CH3N7O2/c2-1(5-8(9)10)3-6-7-4-1/h5H,2H2. The first-order valence-corrected chi connectivity index (χ1v) is 2.17. The highest BCUT2D eigenvalue weighted by Crippen LogP contribution is 2.08. The monoisotopic (exact) mass is 145 g/mol. The summed E-state index contributed by atoms with van der Waals surface area (Å²) < 4.78 is 0. The van der Waals surface area contributed by atoms with Gasteiger partial charge in [-0.25, -0.2) is 10.1 Å². The van der Waals surface area contributed by atoms with E-state index in [1.165, 1.54) is 0 Å². The molecule has 0 spiro atoms. The highest BCUT2D eigenvalue weighted by atomic mass is 16.7. The average molecular weight is 145 g/mol. The van der Waals surface area contributed by atoms with Crippen LogP contribution in [0.25, 0.3) is 0 Å². The van der Waals surface area contributed by atoms with E-state index in [4.69, 9.17) is 5.73 Å². The summed E-state index contributed by atoms with van der Waals surface area (Å²) in [4.78, 5) is 9.77. The predicted octanol–water partition coefficient (Wildman–Crippen LogP) is -0.829. The second-order valence-electron chi connectivity index (χ2n) is 1.47. The van der Waals surface area contributed by atoms with Crippen LogP contribution in [0, 0.1) is 10.1 Å². The molecule has 0 radical (unpaired) electrons. The molecule has 0 aromatic rings. The summed E-state index contributed by atoms with van der Waals surface area (Å²) in [6.07, 6.45) is 0. The third-order valence-corrected chi connectivity index (χ3v) is 0.690. The molecule has 0 aliphatic carbocycles. The van der Waals surface area contributed by atoms with Crippen LogP contribution in [-0.2, 0) is 0 Å². The lowest BCUT2D eigenvalue weighted by atomic mass is 10.7. The van der Waals surface area contributed by atoms with Crippen LogP contribution in [0.3, 0.4) is 0 Å². The van der Waals surface area contributed by atoms with Crippen molar-refractivity contribution in [3.05, 3.63) is 10.1 Å². The molecule has 0 saturated carbocycles. The van der Waals surface area contributed by atoms with Crippen molar-refractivity contribution in [2.45, 2.75) is 5.91 Å². The van der Waals surface area contributed by atoms with E-state index < -0.39 is 10.9 Å². The van der Waals surface area contributed by atoms with Crippen molar-refractivity contribution in [3.8, 4) is 0 Å². The maximum absolute atomic E-state index is 9.77. The second-order valence-corrected chi connectivity index (χ2v) is 1.47. The van der Waals surface area contributed by atoms with Gasteiger partial charge in [-0.15, -0.1) is 0 Å². The predicted molar refractivity (Wildman–Crippen MR) is 26.8 cm³/mol. The summed E-state index contributed by atoms with van der Waals surface area (Å²) in [6.45, 7) is 0. The molecule has 0 saturated heterocycles. The summed E-state index contributed by atoms with van der Waals surface area (Å²) in [7, 11) is 0. The number of hydrogen-bond donors (Lipinski definition) is 2. The molecule has 9 nitrogen and oxygen atoms in total. The van der Waals surface area contributed by atoms with Crippen molar-refractivity contribution >= 4 is 0 Å². The van der Waals surface area contributed by atoms with Gasteiger partial charge in [0.15, 0.2) is 5.03 Å². The molecule has 0 aromatic carbocycles. The Bertz CT molecular complexity index is 194. The molecular formula is CH3N7O2. The molecule has 0 bridgehead atoms. The van der Waals surface area contributed by atoms with Gasteiger partial charge in [0.2, 0.25) is 0 Å². The van der Waals surface area contributed by atoms with Gasteiger partial charge in [0.25, 0.3) is 0 Å². The highest BCUT2D eigenvalue weighted by Gasteiger charge is 2.32. The molecule has 1 aliphatic rings. The lowest BCUT2D eigenvalue weighted by molar-refractivity contribution is -0.559. The summed E-state index contributed by atoms with van der Waals surface area (Å²) >= 11 is 0. The molecule has 0 amide bonds. The molecule has 1 rings (SSSR count). The van der Waals surface area contributed by atoms with E-state index in [0.29, 0.717) is 0 Å². The zero-order valence-electron chi connectivity index (χ0n) is 4.63. The average Bonchev–Trinajstić information content (AvgIpc) is 2.12. The van der Waals surface area contributed by atoms with Crippen molar-refractivity contribution in [2.24, 2.45) is 26.4 Å². The van der Waals surface area contributed by atoms with Crippen LogP contribution in [0.15, 0.2) is 20.7 Å². The summed E-state index contributed by atoms with van der Waals surface area (Å²) in [6, 6.07) is 0. The number of hydrogen-bond acceptors (Lipinski definition) is 7. The minimum Gasteiger partial charge on any atom is -0.263 e. The lowest BCUT2D eigenvalue weighted by Gasteiger charge is -2.06. The van der Waals surface area contributed by atoms with Crippen LogP contribution in [0.2, 0.25) is 0 Å². The topological polar surface area (TPSA) is 131 Å². The largest absolute Gasteiger partial charge is 0.373 e. The van der Waals surface area contributed by atoms with Gasteiger partial charge in [-0.1, -0.05) is 15.7 Å². The Labute approximate surface area is 54.1 Å². The molecule has 1 aliphatic heterocycles. The minimum atomic E-state index is -1.82. The Balaban J connectivity index is 2.62. The van der Waals surface area contributed by atoms with E-state index >= 15 is 0 Å². The number of nitrogens with two attached hydrogens (primary N) is 1. The smallest absolute Gasteiger partial charge is 0.263 e. The second kappa shape index (κ2) is 1.95. The fraction of sp³-hybridized carbons (Fsp3) is 1.00. The number of hydrazine groups is 1. The van der Waals surface area contributed by atoms with Crippen molar-refractivity contribution in [1.29, 1.82) is 0 Å². The third kappa shape index (κ3) is 1.20. The Morgan fingerprint density at radius 3 is 2.40 bits per heavy atom. The zero-order chi connectivity index (χ0) is 7.61. The normalized spacial score (nSPS) is 19.3. The molecule has 54 valence electrons. The van der Waals surface area contributed by atoms with Crippen LogP contribution in [-0.4, -0.2) is 10.9 Å². The molecule has 9 heteroatoms. The summed E-state index contributed by atoms with van der Waals surface area (Å²) in [5.41, 5.74) is 6.68. The minimum absolute atomic E-state index is 0.872. The van der Waals surface area contributed by atoms with E-state index in [1.807, 2.05) is 0 Å². The maximum atomic E-state index is 9.77. The van der Waals surface area contributed by atoms with Crippen LogP contribution in [0.4, 0.5) is 0 Å². The Morgan fingerprint density at radius 2 is 2.00 bits per heavy atom. The molecule has 0 atom stereocenters. The van der Waals surface area contributed by atoms with Gasteiger partial charge in [0, 0.05) is 0 Å². The van der Waals surface area contributed by atoms with Crippen LogP contribution < -0.4 is 11.2 Å². The number of nitro groups is 1. The van der Waals surface area contributed by atoms with Gasteiger partial charge < -0.3 is 0 Å². The van der Waals surface area contributed by atoms with E-state index in [2.05, 4.69) is 20.7 Å².